The quantitative estimate of drug-likeness (QED) is 0.252. The molecular formula is C40H33N3S. The van der Waals surface area contributed by atoms with Crippen molar-refractivity contribution in [3.63, 3.8) is 0 Å². The topological polar surface area (TPSA) is 28.2 Å². The van der Waals surface area contributed by atoms with E-state index in [1.807, 2.05) is 11.3 Å². The lowest BCUT2D eigenvalue weighted by molar-refractivity contribution is 0.710. The maximum absolute atomic E-state index is 5.15. The first-order valence-electron chi connectivity index (χ1n) is 15.7. The molecule has 214 valence electrons. The summed E-state index contributed by atoms with van der Waals surface area (Å²) in [4.78, 5) is 9.06. The normalized spacial score (nSPS) is 27.8. The molecule has 6 aliphatic rings. The number of nitrogens with zero attached hydrogens (tertiary/aromatic N) is 2. The van der Waals surface area contributed by atoms with Crippen LogP contribution in [0.25, 0.3) is 27.8 Å². The number of benzene rings is 3. The maximum Gasteiger partial charge on any atom is 0.124 e. The van der Waals surface area contributed by atoms with Gasteiger partial charge in [0.25, 0.3) is 0 Å². The van der Waals surface area contributed by atoms with Crippen molar-refractivity contribution >= 4 is 39.9 Å². The maximum atomic E-state index is 5.15. The zero-order chi connectivity index (χ0) is 28.9. The van der Waals surface area contributed by atoms with E-state index in [1.54, 1.807) is 0 Å². The molecule has 4 unspecified atom stereocenters. The van der Waals surface area contributed by atoms with Crippen molar-refractivity contribution in [1.82, 2.24) is 4.98 Å². The number of rotatable bonds is 5. The molecule has 3 nitrogen and oxygen atoms in total. The van der Waals surface area contributed by atoms with Crippen molar-refractivity contribution in [2.75, 3.05) is 10.2 Å². The van der Waals surface area contributed by atoms with Crippen molar-refractivity contribution in [2.24, 2.45) is 5.92 Å². The summed E-state index contributed by atoms with van der Waals surface area (Å²) in [5.41, 5.74) is 11.7. The lowest BCUT2D eigenvalue weighted by Gasteiger charge is -2.35. The van der Waals surface area contributed by atoms with Crippen LogP contribution in [0.15, 0.2) is 133 Å². The highest BCUT2D eigenvalue weighted by Gasteiger charge is 2.64. The van der Waals surface area contributed by atoms with Gasteiger partial charge in [-0.1, -0.05) is 97.1 Å². The summed E-state index contributed by atoms with van der Waals surface area (Å²) in [5, 5.41) is 5.06. The van der Waals surface area contributed by atoms with Gasteiger partial charge in [0.1, 0.15) is 5.01 Å². The molecule has 10 rings (SSSR count). The second kappa shape index (κ2) is 8.93. The number of para-hydroxylation sites is 1. The van der Waals surface area contributed by atoms with E-state index in [4.69, 9.17) is 4.98 Å². The van der Waals surface area contributed by atoms with Crippen LogP contribution in [0, 0.1) is 5.92 Å². The van der Waals surface area contributed by atoms with Crippen LogP contribution in [-0.4, -0.2) is 16.1 Å². The number of hydrogen-bond donors (Lipinski definition) is 1. The second-order valence-corrected chi connectivity index (χ2v) is 13.9. The van der Waals surface area contributed by atoms with Gasteiger partial charge in [-0.15, -0.1) is 11.3 Å². The molecule has 0 saturated heterocycles. The van der Waals surface area contributed by atoms with E-state index in [0.29, 0.717) is 11.8 Å². The summed E-state index contributed by atoms with van der Waals surface area (Å²) < 4.78 is 0. The minimum Gasteiger partial charge on any atom is -0.374 e. The van der Waals surface area contributed by atoms with Gasteiger partial charge < -0.3 is 10.2 Å². The van der Waals surface area contributed by atoms with Crippen LogP contribution in [0.4, 0.5) is 11.4 Å². The zero-order valence-electron chi connectivity index (χ0n) is 24.3. The molecular weight excluding hydrogens is 555 g/mol. The van der Waals surface area contributed by atoms with Crippen LogP contribution in [0.3, 0.4) is 0 Å². The number of anilines is 2. The third kappa shape index (κ3) is 3.52. The molecule has 1 spiro atoms. The Kier molecular flexibility index (Phi) is 5.02. The van der Waals surface area contributed by atoms with Gasteiger partial charge in [-0.2, -0.15) is 0 Å². The molecule has 44 heavy (non-hydrogen) atoms. The molecule has 1 N–H and O–H groups in total. The molecule has 2 saturated carbocycles. The summed E-state index contributed by atoms with van der Waals surface area (Å²) in [6, 6.07) is 28.5. The fourth-order valence-electron chi connectivity index (χ4n) is 8.07. The average molecular weight is 588 g/mol. The lowest BCUT2D eigenvalue weighted by Crippen LogP contribution is -2.37. The number of aromatic nitrogens is 1. The van der Waals surface area contributed by atoms with Gasteiger partial charge in [0.15, 0.2) is 0 Å². The summed E-state index contributed by atoms with van der Waals surface area (Å²) in [5.74, 6) is 1.02. The molecule has 5 aliphatic carbocycles. The van der Waals surface area contributed by atoms with Crippen molar-refractivity contribution < 1.29 is 1.43 Å². The van der Waals surface area contributed by atoms with Crippen molar-refractivity contribution in [1.29, 1.82) is 0 Å². The Balaban J connectivity index is 0.00000281. The first-order valence-corrected chi connectivity index (χ1v) is 16.5. The van der Waals surface area contributed by atoms with Gasteiger partial charge in [0.2, 0.25) is 0 Å². The molecule has 4 heteroatoms. The Labute approximate surface area is 263 Å². The van der Waals surface area contributed by atoms with E-state index < -0.39 is 0 Å². The molecule has 2 fully saturated rings. The first-order chi connectivity index (χ1) is 21.7. The van der Waals surface area contributed by atoms with Gasteiger partial charge in [-0.3, -0.25) is 0 Å². The van der Waals surface area contributed by atoms with E-state index in [2.05, 4.69) is 144 Å². The number of hydrogen-bond acceptors (Lipinski definition) is 4. The van der Waals surface area contributed by atoms with E-state index in [0.717, 1.165) is 24.3 Å². The Hall–Kier alpha value is -4.67. The Bertz CT molecular complexity index is 2050. The van der Waals surface area contributed by atoms with Crippen molar-refractivity contribution in [3.8, 4) is 10.6 Å². The highest BCUT2D eigenvalue weighted by atomic mass is 32.1. The highest BCUT2D eigenvalue weighted by molar-refractivity contribution is 7.16. The Morgan fingerprint density at radius 1 is 0.909 bits per heavy atom. The predicted molar refractivity (Wildman–Crippen MR) is 186 cm³/mol. The minimum atomic E-state index is 0. The smallest absolute Gasteiger partial charge is 0.124 e. The van der Waals surface area contributed by atoms with Crippen molar-refractivity contribution in [2.45, 2.75) is 36.3 Å². The van der Waals surface area contributed by atoms with E-state index in [1.165, 1.54) is 55.5 Å². The van der Waals surface area contributed by atoms with Crippen LogP contribution in [0.2, 0.25) is 0 Å². The third-order valence-corrected chi connectivity index (χ3v) is 11.5. The zero-order valence-corrected chi connectivity index (χ0v) is 25.1. The van der Waals surface area contributed by atoms with Crippen LogP contribution in [0.1, 0.15) is 48.3 Å². The van der Waals surface area contributed by atoms with Crippen LogP contribution in [0.5, 0.6) is 0 Å². The van der Waals surface area contributed by atoms with Crippen LogP contribution < -0.4 is 10.2 Å². The van der Waals surface area contributed by atoms with Crippen LogP contribution >= 0.6 is 11.3 Å². The standard InChI is InChI=1S/C40H31N3S.H2/c1-3-10-27(11-4-1)38-41-37-34-25-40(34)33(23-36(37)44-38)32-22-28(18-20-35(32)42-40)26-12-9-16-31(19-17-26)43(30-14-5-2-6-15-30)39-21-8-7-13-29(39)24-39;/h1-15,17-23,29,34,42H,16,24-25H2;1H. The second-order valence-electron chi connectivity index (χ2n) is 12.9. The summed E-state index contributed by atoms with van der Waals surface area (Å²) >= 11 is 1.83. The van der Waals surface area contributed by atoms with E-state index in [9.17, 15) is 0 Å². The fraction of sp³-hybridized carbons (Fsp3) is 0.175. The van der Waals surface area contributed by atoms with Gasteiger partial charge in [-0.05, 0) is 66.0 Å². The number of thiazole rings is 1. The first kappa shape index (κ1) is 24.7. The minimum absolute atomic E-state index is 0. The summed E-state index contributed by atoms with van der Waals surface area (Å²) in [7, 11) is 0. The molecule has 4 atom stereocenters. The van der Waals surface area contributed by atoms with Gasteiger partial charge in [-0.25, -0.2) is 4.98 Å². The van der Waals surface area contributed by atoms with Gasteiger partial charge >= 0.3 is 0 Å². The van der Waals surface area contributed by atoms with Gasteiger partial charge in [0, 0.05) is 47.9 Å². The van der Waals surface area contributed by atoms with Gasteiger partial charge in [0.05, 0.1) is 21.6 Å². The molecule has 1 aliphatic heterocycles. The molecule has 3 aromatic carbocycles. The van der Waals surface area contributed by atoms with E-state index >= 15 is 0 Å². The number of fused-ring (bicyclic) bond motifs is 5. The third-order valence-electron chi connectivity index (χ3n) is 10.4. The number of nitrogens with one attached hydrogen (secondary N) is 1. The summed E-state index contributed by atoms with van der Waals surface area (Å²) in [6.07, 6.45) is 24.2. The average Bonchev–Trinajstić information content (AvgIpc) is 3.93. The monoisotopic (exact) mass is 587 g/mol. The SMILES string of the molecule is C1=CC2CC2(N(C2=CC=C(c3ccc4c(c3)C3=Cc5sc(-c6ccccc6)nc5C5CC35N4)C=CC2)c2ccccc2)C=C1.[HH]. The van der Waals surface area contributed by atoms with Crippen molar-refractivity contribution in [3.05, 3.63) is 155 Å². The van der Waals surface area contributed by atoms with Crippen LogP contribution in [-0.2, 0) is 0 Å². The molecule has 2 heterocycles. The molecule has 0 radical (unpaired) electrons. The molecule has 4 aromatic rings. The largest absolute Gasteiger partial charge is 0.374 e. The molecule has 1 aromatic heterocycles. The number of allylic oxidation sites excluding steroid dienone is 7. The molecule has 0 bridgehead atoms. The van der Waals surface area contributed by atoms with E-state index in [-0.39, 0.29) is 12.5 Å². The summed E-state index contributed by atoms with van der Waals surface area (Å²) in [6.45, 7) is 0. The lowest BCUT2D eigenvalue weighted by atomic mass is 9.91. The molecule has 0 amide bonds. The Morgan fingerprint density at radius 2 is 1.77 bits per heavy atom. The fourth-order valence-corrected chi connectivity index (χ4v) is 9.14. The predicted octanol–water partition coefficient (Wildman–Crippen LogP) is 9.88. The Morgan fingerprint density at radius 3 is 2.64 bits per heavy atom. The highest BCUT2D eigenvalue weighted by Crippen LogP contribution is 2.68.